The Morgan fingerprint density at radius 3 is 2.24 bits per heavy atom. The van der Waals surface area contributed by atoms with Crippen LogP contribution in [0.5, 0.6) is 0 Å². The Balaban J connectivity index is 0.00000400. The quantitative estimate of drug-likeness (QED) is 0.844. The highest BCUT2D eigenvalue weighted by Crippen LogP contribution is 2.12. The molecule has 1 aromatic carbocycles. The van der Waals surface area contributed by atoms with E-state index in [2.05, 4.69) is 10.6 Å². The molecule has 0 saturated carbocycles. The molecule has 0 aliphatic carbocycles. The SMILES string of the molecule is CNCCN(C)C(=O)c1ccc(NC(=O)C(C)C)cc1.Cl. The summed E-state index contributed by atoms with van der Waals surface area (Å²) in [4.78, 5) is 25.3. The van der Waals surface area contributed by atoms with Crippen molar-refractivity contribution >= 4 is 29.9 Å². The van der Waals surface area contributed by atoms with Gasteiger partial charge in [-0.25, -0.2) is 0 Å². The molecule has 0 unspecified atom stereocenters. The van der Waals surface area contributed by atoms with Crippen molar-refractivity contribution in [3.05, 3.63) is 29.8 Å². The van der Waals surface area contributed by atoms with Gasteiger partial charge in [0, 0.05) is 37.3 Å². The Hall–Kier alpha value is -1.59. The molecule has 0 spiro atoms. The molecule has 118 valence electrons. The third-order valence-electron chi connectivity index (χ3n) is 2.97. The molecule has 1 aromatic rings. The second-order valence-corrected chi connectivity index (χ2v) is 5.05. The van der Waals surface area contributed by atoms with Crippen LogP contribution in [0.2, 0.25) is 0 Å². The van der Waals surface area contributed by atoms with Crippen molar-refractivity contribution in [3.63, 3.8) is 0 Å². The number of likely N-dealkylation sites (N-methyl/N-ethyl adjacent to an activating group) is 2. The Kier molecular flexibility index (Phi) is 8.66. The molecule has 0 atom stereocenters. The fraction of sp³-hybridized carbons (Fsp3) is 0.467. The highest BCUT2D eigenvalue weighted by atomic mass is 35.5. The van der Waals surface area contributed by atoms with E-state index in [-0.39, 0.29) is 30.1 Å². The van der Waals surface area contributed by atoms with Gasteiger partial charge in [0.25, 0.3) is 5.91 Å². The molecule has 0 heterocycles. The van der Waals surface area contributed by atoms with Crippen LogP contribution in [0.3, 0.4) is 0 Å². The topological polar surface area (TPSA) is 61.4 Å². The molecule has 0 saturated heterocycles. The van der Waals surface area contributed by atoms with Crippen LogP contribution in [0.25, 0.3) is 0 Å². The molecular weight excluding hydrogens is 290 g/mol. The van der Waals surface area contributed by atoms with Gasteiger partial charge in [-0.05, 0) is 31.3 Å². The average Bonchev–Trinajstić information content (AvgIpc) is 2.44. The molecule has 0 aliphatic rings. The average molecular weight is 314 g/mol. The molecule has 0 radical (unpaired) electrons. The van der Waals surface area contributed by atoms with Gasteiger partial charge < -0.3 is 15.5 Å². The first-order valence-electron chi connectivity index (χ1n) is 6.76. The molecule has 0 fully saturated rings. The number of hydrogen-bond donors (Lipinski definition) is 2. The minimum atomic E-state index is -0.0658. The smallest absolute Gasteiger partial charge is 0.253 e. The lowest BCUT2D eigenvalue weighted by molar-refractivity contribution is -0.118. The van der Waals surface area contributed by atoms with Crippen LogP contribution in [-0.2, 0) is 4.79 Å². The number of benzene rings is 1. The summed E-state index contributed by atoms with van der Waals surface area (Å²) >= 11 is 0. The van der Waals surface area contributed by atoms with Gasteiger partial charge in [-0.2, -0.15) is 0 Å². The predicted molar refractivity (Wildman–Crippen MR) is 88.0 cm³/mol. The fourth-order valence-electron chi connectivity index (χ4n) is 1.58. The van der Waals surface area contributed by atoms with Crippen LogP contribution in [0.4, 0.5) is 5.69 Å². The zero-order valence-electron chi connectivity index (χ0n) is 13.0. The van der Waals surface area contributed by atoms with E-state index in [4.69, 9.17) is 0 Å². The van der Waals surface area contributed by atoms with E-state index < -0.39 is 0 Å². The van der Waals surface area contributed by atoms with Crippen LogP contribution in [-0.4, -0.2) is 43.9 Å². The van der Waals surface area contributed by atoms with Crippen LogP contribution < -0.4 is 10.6 Å². The van der Waals surface area contributed by atoms with Crippen molar-refractivity contribution in [1.29, 1.82) is 0 Å². The van der Waals surface area contributed by atoms with Crippen molar-refractivity contribution in [1.82, 2.24) is 10.2 Å². The number of hydrogen-bond acceptors (Lipinski definition) is 3. The highest BCUT2D eigenvalue weighted by molar-refractivity contribution is 5.96. The van der Waals surface area contributed by atoms with Gasteiger partial charge >= 0.3 is 0 Å². The van der Waals surface area contributed by atoms with Crippen LogP contribution >= 0.6 is 12.4 Å². The Labute approximate surface area is 132 Å². The molecule has 1 rings (SSSR count). The number of nitrogens with one attached hydrogen (secondary N) is 2. The molecule has 0 aromatic heterocycles. The molecule has 2 N–H and O–H groups in total. The normalized spacial score (nSPS) is 9.95. The van der Waals surface area contributed by atoms with E-state index in [1.807, 2.05) is 20.9 Å². The molecule has 21 heavy (non-hydrogen) atoms. The van der Waals surface area contributed by atoms with Gasteiger partial charge in [0.15, 0.2) is 0 Å². The summed E-state index contributed by atoms with van der Waals surface area (Å²) in [6.07, 6.45) is 0. The molecule has 6 heteroatoms. The molecule has 5 nitrogen and oxygen atoms in total. The summed E-state index contributed by atoms with van der Waals surface area (Å²) in [5.74, 6) is -0.124. The highest BCUT2D eigenvalue weighted by Gasteiger charge is 2.12. The largest absolute Gasteiger partial charge is 0.340 e. The van der Waals surface area contributed by atoms with Crippen molar-refractivity contribution in [3.8, 4) is 0 Å². The molecule has 0 aliphatic heterocycles. The third kappa shape index (κ3) is 6.14. The van der Waals surface area contributed by atoms with E-state index in [1.54, 1.807) is 36.2 Å². The fourth-order valence-corrected chi connectivity index (χ4v) is 1.58. The number of carbonyl (C=O) groups excluding carboxylic acids is 2. The monoisotopic (exact) mass is 313 g/mol. The minimum absolute atomic E-state index is 0. The maximum atomic E-state index is 12.1. The van der Waals surface area contributed by atoms with Crippen LogP contribution in [0.15, 0.2) is 24.3 Å². The molecule has 0 bridgehead atoms. The van der Waals surface area contributed by atoms with E-state index in [0.29, 0.717) is 17.8 Å². The van der Waals surface area contributed by atoms with Gasteiger partial charge in [0.1, 0.15) is 0 Å². The third-order valence-corrected chi connectivity index (χ3v) is 2.97. The van der Waals surface area contributed by atoms with Crippen LogP contribution in [0.1, 0.15) is 24.2 Å². The zero-order chi connectivity index (χ0) is 15.1. The van der Waals surface area contributed by atoms with E-state index in [0.717, 1.165) is 6.54 Å². The van der Waals surface area contributed by atoms with Crippen molar-refractivity contribution < 1.29 is 9.59 Å². The first-order valence-corrected chi connectivity index (χ1v) is 6.76. The number of rotatable bonds is 6. The maximum Gasteiger partial charge on any atom is 0.253 e. The summed E-state index contributed by atoms with van der Waals surface area (Å²) < 4.78 is 0. The summed E-state index contributed by atoms with van der Waals surface area (Å²) in [5, 5.41) is 5.80. The van der Waals surface area contributed by atoms with Gasteiger partial charge in [-0.1, -0.05) is 13.8 Å². The summed E-state index contributed by atoms with van der Waals surface area (Å²) in [6, 6.07) is 6.96. The van der Waals surface area contributed by atoms with Gasteiger partial charge in [0.2, 0.25) is 5.91 Å². The molecule has 2 amide bonds. The van der Waals surface area contributed by atoms with Crippen LogP contribution in [0, 0.1) is 5.92 Å². The van der Waals surface area contributed by atoms with Gasteiger partial charge in [-0.3, -0.25) is 9.59 Å². The second kappa shape index (κ2) is 9.37. The second-order valence-electron chi connectivity index (χ2n) is 5.05. The summed E-state index contributed by atoms with van der Waals surface area (Å²) in [7, 11) is 3.62. The summed E-state index contributed by atoms with van der Waals surface area (Å²) in [5.41, 5.74) is 1.32. The Bertz CT molecular complexity index is 460. The number of carbonyl (C=O) groups is 2. The van der Waals surface area contributed by atoms with Crippen molar-refractivity contribution in [2.45, 2.75) is 13.8 Å². The Morgan fingerprint density at radius 2 is 1.76 bits per heavy atom. The predicted octanol–water partition coefficient (Wildman–Crippen LogP) is 1.99. The zero-order valence-corrected chi connectivity index (χ0v) is 13.8. The first kappa shape index (κ1) is 19.4. The molecular formula is C15H24ClN3O2. The van der Waals surface area contributed by atoms with E-state index >= 15 is 0 Å². The number of amides is 2. The first-order chi connectivity index (χ1) is 9.45. The van der Waals surface area contributed by atoms with Gasteiger partial charge in [0.05, 0.1) is 0 Å². The van der Waals surface area contributed by atoms with Gasteiger partial charge in [-0.15, -0.1) is 12.4 Å². The summed E-state index contributed by atoms with van der Waals surface area (Å²) in [6.45, 7) is 5.08. The maximum absolute atomic E-state index is 12.1. The minimum Gasteiger partial charge on any atom is -0.340 e. The Morgan fingerprint density at radius 1 is 1.19 bits per heavy atom. The van der Waals surface area contributed by atoms with E-state index in [9.17, 15) is 9.59 Å². The lowest BCUT2D eigenvalue weighted by Gasteiger charge is -2.17. The standard InChI is InChI=1S/C15H23N3O2.ClH/c1-11(2)14(19)17-13-7-5-12(6-8-13)15(20)18(4)10-9-16-3;/h5-8,11,16H,9-10H2,1-4H3,(H,17,19);1H. The number of anilines is 1. The van der Waals surface area contributed by atoms with Crippen molar-refractivity contribution in [2.75, 3.05) is 32.5 Å². The van der Waals surface area contributed by atoms with Crippen molar-refractivity contribution in [2.24, 2.45) is 5.92 Å². The van der Waals surface area contributed by atoms with E-state index in [1.165, 1.54) is 0 Å². The lowest BCUT2D eigenvalue weighted by Crippen LogP contribution is -2.32. The number of nitrogens with zero attached hydrogens (tertiary/aromatic N) is 1. The number of halogens is 1. The lowest BCUT2D eigenvalue weighted by atomic mass is 10.1.